The van der Waals surface area contributed by atoms with Gasteiger partial charge in [-0.2, -0.15) is 0 Å². The van der Waals surface area contributed by atoms with Crippen LogP contribution in [0.25, 0.3) is 0 Å². The summed E-state index contributed by atoms with van der Waals surface area (Å²) in [4.78, 5) is 15.9. The summed E-state index contributed by atoms with van der Waals surface area (Å²) in [5.74, 6) is -0.553. The first-order valence-corrected chi connectivity index (χ1v) is 5.69. The zero-order valence-electron chi connectivity index (χ0n) is 9.04. The summed E-state index contributed by atoms with van der Waals surface area (Å²) in [6, 6.07) is 2.99. The molecule has 2 aromatic heterocycles. The minimum Gasteiger partial charge on any atom is -0.476 e. The predicted molar refractivity (Wildman–Crippen MR) is 63.2 cm³/mol. The van der Waals surface area contributed by atoms with Crippen LogP contribution in [-0.2, 0) is 6.54 Å². The molecule has 0 unspecified atom stereocenters. The number of aromatic carboxylic acids is 1. The molecular formula is C10H10N4O2S. The van der Waals surface area contributed by atoms with Crippen molar-refractivity contribution in [2.45, 2.75) is 13.5 Å². The topological polar surface area (TPSA) is 88.0 Å². The fraction of sp³-hybridized carbons (Fsp3) is 0.200. The fourth-order valence-electron chi connectivity index (χ4n) is 1.19. The molecule has 2 heterocycles. The number of hydrogen-bond donors (Lipinski definition) is 2. The van der Waals surface area contributed by atoms with Crippen molar-refractivity contribution in [1.82, 2.24) is 15.2 Å². The lowest BCUT2D eigenvalue weighted by molar-refractivity contribution is 0.0689. The maximum Gasteiger partial charge on any atom is 0.356 e. The van der Waals surface area contributed by atoms with Crippen molar-refractivity contribution >= 4 is 23.1 Å². The van der Waals surface area contributed by atoms with E-state index in [0.717, 1.165) is 9.88 Å². The molecule has 7 heteroatoms. The molecule has 88 valence electrons. The van der Waals surface area contributed by atoms with Crippen LogP contribution in [0, 0.1) is 6.92 Å². The predicted octanol–water partition coefficient (Wildman–Crippen LogP) is 1.55. The number of thiazole rings is 1. The number of nitrogens with one attached hydrogen (secondary N) is 1. The Morgan fingerprint density at radius 2 is 2.29 bits per heavy atom. The number of hydrogen-bond acceptors (Lipinski definition) is 6. The Labute approximate surface area is 101 Å². The van der Waals surface area contributed by atoms with Crippen LogP contribution >= 0.6 is 11.3 Å². The third kappa shape index (κ3) is 2.97. The molecule has 0 amide bonds. The number of aryl methyl sites for hydroxylation is 1. The van der Waals surface area contributed by atoms with Crippen LogP contribution in [0.5, 0.6) is 0 Å². The van der Waals surface area contributed by atoms with Gasteiger partial charge in [0, 0.05) is 11.1 Å². The summed E-state index contributed by atoms with van der Waals surface area (Å²) in [5.41, 5.74) is -0.0688. The van der Waals surface area contributed by atoms with Gasteiger partial charge in [0.05, 0.1) is 6.54 Å². The van der Waals surface area contributed by atoms with Gasteiger partial charge in [-0.05, 0) is 19.1 Å². The van der Waals surface area contributed by atoms with Crippen LogP contribution in [0.2, 0.25) is 0 Å². The molecule has 17 heavy (non-hydrogen) atoms. The second-order valence-electron chi connectivity index (χ2n) is 3.33. The van der Waals surface area contributed by atoms with Crippen molar-refractivity contribution in [3.63, 3.8) is 0 Å². The standard InChI is InChI=1S/C10H10N4O2S/c1-6-4-12-9(17-6)5-11-8-3-2-7(10(15)16)13-14-8/h2-4H,5H2,1H3,(H,11,14)(H,15,16). The van der Waals surface area contributed by atoms with Crippen molar-refractivity contribution in [2.75, 3.05) is 5.32 Å². The fourth-order valence-corrected chi connectivity index (χ4v) is 1.92. The maximum absolute atomic E-state index is 10.6. The molecule has 0 radical (unpaired) electrons. The highest BCUT2D eigenvalue weighted by molar-refractivity contribution is 7.11. The van der Waals surface area contributed by atoms with Gasteiger partial charge in [-0.1, -0.05) is 0 Å². The Morgan fingerprint density at radius 1 is 1.47 bits per heavy atom. The lowest BCUT2D eigenvalue weighted by Crippen LogP contribution is -2.05. The van der Waals surface area contributed by atoms with Crippen LogP contribution in [0.3, 0.4) is 0 Å². The SMILES string of the molecule is Cc1cnc(CNc2ccc(C(=O)O)nn2)s1. The van der Waals surface area contributed by atoms with E-state index in [4.69, 9.17) is 5.11 Å². The molecule has 0 saturated heterocycles. The molecule has 0 saturated carbocycles. The zero-order chi connectivity index (χ0) is 12.3. The number of aromatic nitrogens is 3. The molecule has 0 fully saturated rings. The molecule has 0 bridgehead atoms. The lowest BCUT2D eigenvalue weighted by atomic mass is 10.4. The van der Waals surface area contributed by atoms with E-state index in [9.17, 15) is 4.79 Å². The van der Waals surface area contributed by atoms with E-state index in [1.54, 1.807) is 23.6 Å². The van der Waals surface area contributed by atoms with Gasteiger partial charge < -0.3 is 10.4 Å². The Bertz CT molecular complexity index is 523. The first-order chi connectivity index (χ1) is 8.15. The van der Waals surface area contributed by atoms with E-state index in [0.29, 0.717) is 12.4 Å². The Hall–Kier alpha value is -2.02. The van der Waals surface area contributed by atoms with Crippen LogP contribution in [0.4, 0.5) is 5.82 Å². The van der Waals surface area contributed by atoms with Gasteiger partial charge in [0.2, 0.25) is 0 Å². The monoisotopic (exact) mass is 250 g/mol. The molecular weight excluding hydrogens is 240 g/mol. The number of carboxylic acids is 1. The smallest absolute Gasteiger partial charge is 0.356 e. The van der Waals surface area contributed by atoms with Gasteiger partial charge in [-0.25, -0.2) is 9.78 Å². The molecule has 0 aliphatic rings. The minimum absolute atomic E-state index is 0.0688. The summed E-state index contributed by atoms with van der Waals surface area (Å²) >= 11 is 1.60. The Morgan fingerprint density at radius 3 is 2.82 bits per heavy atom. The third-order valence-electron chi connectivity index (χ3n) is 1.97. The molecule has 2 rings (SSSR count). The molecule has 2 N–H and O–H groups in total. The van der Waals surface area contributed by atoms with Crippen LogP contribution in [0.15, 0.2) is 18.3 Å². The first-order valence-electron chi connectivity index (χ1n) is 4.87. The Kier molecular flexibility index (Phi) is 3.29. The average molecular weight is 250 g/mol. The summed E-state index contributed by atoms with van der Waals surface area (Å²) in [7, 11) is 0. The highest BCUT2D eigenvalue weighted by Gasteiger charge is 2.05. The molecule has 0 aliphatic carbocycles. The van der Waals surface area contributed by atoms with Crippen molar-refractivity contribution in [2.24, 2.45) is 0 Å². The van der Waals surface area contributed by atoms with Crippen LogP contribution in [0.1, 0.15) is 20.4 Å². The zero-order valence-corrected chi connectivity index (χ0v) is 9.86. The molecule has 6 nitrogen and oxygen atoms in total. The van der Waals surface area contributed by atoms with E-state index in [1.807, 2.05) is 6.92 Å². The second kappa shape index (κ2) is 4.88. The number of rotatable bonds is 4. The van der Waals surface area contributed by atoms with Gasteiger partial charge in [-0.3, -0.25) is 0 Å². The normalized spacial score (nSPS) is 10.2. The van der Waals surface area contributed by atoms with Gasteiger partial charge in [0.1, 0.15) is 10.8 Å². The average Bonchev–Trinajstić information content (AvgIpc) is 2.73. The third-order valence-corrected chi connectivity index (χ3v) is 2.89. The highest BCUT2D eigenvalue weighted by Crippen LogP contribution is 2.12. The van der Waals surface area contributed by atoms with Crippen LogP contribution < -0.4 is 5.32 Å². The van der Waals surface area contributed by atoms with Crippen molar-refractivity contribution < 1.29 is 9.90 Å². The molecule has 2 aromatic rings. The summed E-state index contributed by atoms with van der Waals surface area (Å²) < 4.78 is 0. The van der Waals surface area contributed by atoms with Crippen LogP contribution in [-0.4, -0.2) is 26.3 Å². The van der Waals surface area contributed by atoms with E-state index >= 15 is 0 Å². The summed E-state index contributed by atoms with van der Waals surface area (Å²) in [5, 5.41) is 20.0. The quantitative estimate of drug-likeness (QED) is 0.856. The Balaban J connectivity index is 1.97. The highest BCUT2D eigenvalue weighted by atomic mass is 32.1. The van der Waals surface area contributed by atoms with Crippen molar-refractivity contribution in [1.29, 1.82) is 0 Å². The van der Waals surface area contributed by atoms with Gasteiger partial charge in [-0.15, -0.1) is 21.5 Å². The largest absolute Gasteiger partial charge is 0.476 e. The van der Waals surface area contributed by atoms with E-state index in [2.05, 4.69) is 20.5 Å². The molecule has 0 atom stereocenters. The molecule has 0 aliphatic heterocycles. The lowest BCUT2D eigenvalue weighted by Gasteiger charge is -2.01. The second-order valence-corrected chi connectivity index (χ2v) is 4.65. The summed E-state index contributed by atoms with van der Waals surface area (Å²) in [6.45, 7) is 2.54. The maximum atomic E-state index is 10.6. The number of carbonyl (C=O) groups is 1. The van der Waals surface area contributed by atoms with E-state index < -0.39 is 5.97 Å². The minimum atomic E-state index is -1.08. The number of carboxylic acid groups (broad SMARTS) is 1. The van der Waals surface area contributed by atoms with Gasteiger partial charge in [0.25, 0.3) is 0 Å². The van der Waals surface area contributed by atoms with Gasteiger partial charge in [0.15, 0.2) is 5.69 Å². The molecule has 0 spiro atoms. The summed E-state index contributed by atoms with van der Waals surface area (Å²) in [6.07, 6.45) is 1.81. The van der Waals surface area contributed by atoms with E-state index in [-0.39, 0.29) is 5.69 Å². The van der Waals surface area contributed by atoms with Gasteiger partial charge >= 0.3 is 5.97 Å². The van der Waals surface area contributed by atoms with Crippen molar-refractivity contribution in [3.05, 3.63) is 33.9 Å². The first kappa shape index (κ1) is 11.5. The van der Waals surface area contributed by atoms with E-state index in [1.165, 1.54) is 6.07 Å². The number of nitrogens with zero attached hydrogens (tertiary/aromatic N) is 3. The molecule has 0 aromatic carbocycles. The number of anilines is 1. The van der Waals surface area contributed by atoms with Crippen molar-refractivity contribution in [3.8, 4) is 0 Å².